The van der Waals surface area contributed by atoms with E-state index < -0.39 is 0 Å². The highest BCUT2D eigenvalue weighted by atomic mass is 14.2. The van der Waals surface area contributed by atoms with E-state index in [0.29, 0.717) is 0 Å². The van der Waals surface area contributed by atoms with Crippen LogP contribution in [0, 0.1) is 0 Å². The molecule has 0 fully saturated rings. The molecule has 0 saturated carbocycles. The summed E-state index contributed by atoms with van der Waals surface area (Å²) in [5, 5.41) is 10.1. The van der Waals surface area contributed by atoms with Crippen LogP contribution in [0.2, 0.25) is 0 Å². The molecular formula is C46H30. The first-order chi connectivity index (χ1) is 22.8. The smallest absolute Gasteiger partial charge is 0.00141 e. The summed E-state index contributed by atoms with van der Waals surface area (Å²) in [7, 11) is 0. The lowest BCUT2D eigenvalue weighted by atomic mass is 9.82. The average molecular weight is 583 g/mol. The van der Waals surface area contributed by atoms with Crippen molar-refractivity contribution in [1.29, 1.82) is 0 Å². The van der Waals surface area contributed by atoms with Gasteiger partial charge in [-0.15, -0.1) is 0 Å². The van der Waals surface area contributed by atoms with Crippen molar-refractivity contribution in [2.75, 3.05) is 0 Å². The van der Waals surface area contributed by atoms with E-state index in [2.05, 4.69) is 182 Å². The minimum atomic E-state index is 1.22. The first kappa shape index (κ1) is 26.4. The standard InChI is InChI=1S/C46H30/c1-2-14-33(15-3-1)39-24-12-26-43-45(40-25-11-18-32-16-6-7-21-38(32)40)42-23-9-8-22-41(42)44(46(39)43)37-20-10-19-35(30-37)36-28-27-31-13-4-5-17-34(31)29-36/h1-30H. The minimum absolute atomic E-state index is 1.22. The summed E-state index contributed by atoms with van der Waals surface area (Å²) in [5.41, 5.74) is 9.96. The molecule has 0 N–H and O–H groups in total. The Kier molecular flexibility index (Phi) is 6.25. The molecule has 9 aromatic rings. The number of hydrogen-bond donors (Lipinski definition) is 0. The monoisotopic (exact) mass is 582 g/mol. The Morgan fingerprint density at radius 2 is 0.783 bits per heavy atom. The average Bonchev–Trinajstić information content (AvgIpc) is 3.13. The zero-order valence-corrected chi connectivity index (χ0v) is 25.3. The Labute approximate surface area is 268 Å². The summed E-state index contributed by atoms with van der Waals surface area (Å²) in [6, 6.07) is 66.6. The number of rotatable bonds is 4. The van der Waals surface area contributed by atoms with Crippen LogP contribution in [0.1, 0.15) is 0 Å². The second kappa shape index (κ2) is 10.9. The van der Waals surface area contributed by atoms with Crippen LogP contribution in [0.5, 0.6) is 0 Å². The minimum Gasteiger partial charge on any atom is -0.0622 e. The van der Waals surface area contributed by atoms with Gasteiger partial charge in [0.25, 0.3) is 0 Å². The molecule has 0 aromatic heterocycles. The summed E-state index contributed by atoms with van der Waals surface area (Å²) in [4.78, 5) is 0. The topological polar surface area (TPSA) is 0 Å². The SMILES string of the molecule is c1ccc(-c2cccc3c(-c4cccc5ccccc45)c4ccccc4c(-c4cccc(-c5ccc6ccccc6c5)c4)c23)cc1. The molecule has 0 aliphatic carbocycles. The van der Waals surface area contributed by atoms with Gasteiger partial charge in [0.15, 0.2) is 0 Å². The molecule has 9 rings (SSSR count). The molecule has 0 unspecified atom stereocenters. The van der Waals surface area contributed by atoms with Gasteiger partial charge >= 0.3 is 0 Å². The Hall–Kier alpha value is -5.98. The molecular weight excluding hydrogens is 553 g/mol. The molecule has 0 saturated heterocycles. The van der Waals surface area contributed by atoms with E-state index in [4.69, 9.17) is 0 Å². The van der Waals surface area contributed by atoms with E-state index in [0.717, 1.165) is 0 Å². The summed E-state index contributed by atoms with van der Waals surface area (Å²) in [5.74, 6) is 0. The van der Waals surface area contributed by atoms with Crippen LogP contribution in [-0.2, 0) is 0 Å². The molecule has 0 nitrogen and oxygen atoms in total. The van der Waals surface area contributed by atoms with Crippen molar-refractivity contribution in [3.8, 4) is 44.5 Å². The molecule has 0 bridgehead atoms. The van der Waals surface area contributed by atoms with Gasteiger partial charge in [-0.05, 0) is 99.7 Å². The third-order valence-corrected chi connectivity index (χ3v) is 9.43. The fraction of sp³-hybridized carbons (Fsp3) is 0. The van der Waals surface area contributed by atoms with Gasteiger partial charge in [-0.3, -0.25) is 0 Å². The van der Waals surface area contributed by atoms with Crippen LogP contribution in [0.25, 0.3) is 87.6 Å². The number of benzene rings is 9. The van der Waals surface area contributed by atoms with Gasteiger partial charge in [0, 0.05) is 0 Å². The van der Waals surface area contributed by atoms with Crippen molar-refractivity contribution in [3.63, 3.8) is 0 Å². The summed E-state index contributed by atoms with van der Waals surface area (Å²) in [6.45, 7) is 0. The van der Waals surface area contributed by atoms with Crippen LogP contribution in [0.3, 0.4) is 0 Å². The van der Waals surface area contributed by atoms with Gasteiger partial charge in [-0.1, -0.05) is 170 Å². The predicted molar refractivity (Wildman–Crippen MR) is 198 cm³/mol. The van der Waals surface area contributed by atoms with E-state index in [1.165, 1.54) is 87.6 Å². The fourth-order valence-corrected chi connectivity index (χ4v) is 7.34. The van der Waals surface area contributed by atoms with Crippen molar-refractivity contribution < 1.29 is 0 Å². The van der Waals surface area contributed by atoms with E-state index >= 15 is 0 Å². The molecule has 214 valence electrons. The maximum absolute atomic E-state index is 2.38. The molecule has 0 amide bonds. The lowest BCUT2D eigenvalue weighted by Gasteiger charge is -2.21. The van der Waals surface area contributed by atoms with Gasteiger partial charge < -0.3 is 0 Å². The van der Waals surface area contributed by atoms with Crippen LogP contribution in [-0.4, -0.2) is 0 Å². The molecule has 0 aliphatic rings. The summed E-state index contributed by atoms with van der Waals surface area (Å²) in [6.07, 6.45) is 0. The third kappa shape index (κ3) is 4.30. The molecule has 0 radical (unpaired) electrons. The van der Waals surface area contributed by atoms with Crippen molar-refractivity contribution in [2.24, 2.45) is 0 Å². The predicted octanol–water partition coefficient (Wildman–Crippen LogP) is 13.0. The molecule has 9 aromatic carbocycles. The fourth-order valence-electron chi connectivity index (χ4n) is 7.34. The highest BCUT2D eigenvalue weighted by Crippen LogP contribution is 2.48. The van der Waals surface area contributed by atoms with Crippen molar-refractivity contribution in [3.05, 3.63) is 182 Å². The third-order valence-electron chi connectivity index (χ3n) is 9.43. The molecule has 0 atom stereocenters. The van der Waals surface area contributed by atoms with E-state index in [9.17, 15) is 0 Å². The summed E-state index contributed by atoms with van der Waals surface area (Å²) >= 11 is 0. The van der Waals surface area contributed by atoms with Crippen LogP contribution in [0.15, 0.2) is 182 Å². The van der Waals surface area contributed by atoms with Gasteiger partial charge in [0.05, 0.1) is 0 Å². The van der Waals surface area contributed by atoms with E-state index in [-0.39, 0.29) is 0 Å². The van der Waals surface area contributed by atoms with Gasteiger partial charge in [0.2, 0.25) is 0 Å². The van der Waals surface area contributed by atoms with E-state index in [1.807, 2.05) is 0 Å². The van der Waals surface area contributed by atoms with Crippen molar-refractivity contribution in [2.45, 2.75) is 0 Å². The highest BCUT2D eigenvalue weighted by Gasteiger charge is 2.20. The van der Waals surface area contributed by atoms with Crippen LogP contribution >= 0.6 is 0 Å². The molecule has 46 heavy (non-hydrogen) atoms. The lowest BCUT2D eigenvalue weighted by molar-refractivity contribution is 1.62. The van der Waals surface area contributed by atoms with Crippen molar-refractivity contribution >= 4 is 43.1 Å². The number of fused-ring (bicyclic) bond motifs is 4. The zero-order valence-electron chi connectivity index (χ0n) is 25.3. The molecule has 0 heteroatoms. The molecule has 0 spiro atoms. The molecule has 0 heterocycles. The van der Waals surface area contributed by atoms with Gasteiger partial charge in [0.1, 0.15) is 0 Å². The Bertz CT molecular complexity index is 2570. The maximum Gasteiger partial charge on any atom is -0.00141 e. The maximum atomic E-state index is 2.38. The molecule has 0 aliphatic heterocycles. The number of hydrogen-bond acceptors (Lipinski definition) is 0. The quantitative estimate of drug-likeness (QED) is 0.181. The van der Waals surface area contributed by atoms with E-state index in [1.54, 1.807) is 0 Å². The second-order valence-corrected chi connectivity index (χ2v) is 12.1. The Balaban J connectivity index is 1.41. The van der Waals surface area contributed by atoms with Crippen LogP contribution < -0.4 is 0 Å². The summed E-state index contributed by atoms with van der Waals surface area (Å²) < 4.78 is 0. The Morgan fingerprint density at radius 1 is 0.239 bits per heavy atom. The first-order valence-electron chi connectivity index (χ1n) is 15.9. The van der Waals surface area contributed by atoms with Gasteiger partial charge in [-0.25, -0.2) is 0 Å². The zero-order chi connectivity index (χ0) is 30.5. The highest BCUT2D eigenvalue weighted by molar-refractivity contribution is 6.26. The Morgan fingerprint density at radius 3 is 1.63 bits per heavy atom. The largest absolute Gasteiger partial charge is 0.0622 e. The normalized spacial score (nSPS) is 11.5. The second-order valence-electron chi connectivity index (χ2n) is 12.1. The van der Waals surface area contributed by atoms with Gasteiger partial charge in [-0.2, -0.15) is 0 Å². The lowest BCUT2D eigenvalue weighted by Crippen LogP contribution is -1.94. The first-order valence-corrected chi connectivity index (χ1v) is 15.9. The van der Waals surface area contributed by atoms with Crippen LogP contribution in [0.4, 0.5) is 0 Å². The van der Waals surface area contributed by atoms with Crippen molar-refractivity contribution in [1.82, 2.24) is 0 Å².